The average Bonchev–Trinajstić information content (AvgIpc) is 2.63. The van der Waals surface area contributed by atoms with Crippen molar-refractivity contribution in [3.8, 4) is 0 Å². The number of rotatable bonds is 7. The number of ether oxygens (including phenoxy) is 1. The molecular weight excluding hydrogens is 327 g/mol. The maximum absolute atomic E-state index is 13.4. The minimum Gasteiger partial charge on any atom is -0.376 e. The largest absolute Gasteiger partial charge is 0.376 e. The molecule has 1 aliphatic rings. The van der Waals surface area contributed by atoms with Gasteiger partial charge in [-0.15, -0.1) is 0 Å². The van der Waals surface area contributed by atoms with Crippen LogP contribution >= 0.6 is 0 Å². The Balaban J connectivity index is 1.63. The second-order valence-corrected chi connectivity index (χ2v) is 7.84. The maximum Gasteiger partial charge on any atom is 0.123 e. The SMILES string of the molecule is CC1(C)C[C@H]([C@H](CCNCc2ccncc2)c2ccc(F)cc2)CCO1. The lowest BCUT2D eigenvalue weighted by molar-refractivity contribution is -0.0771. The van der Waals surface area contributed by atoms with Gasteiger partial charge in [-0.3, -0.25) is 4.98 Å². The number of benzene rings is 1. The van der Waals surface area contributed by atoms with Crippen molar-refractivity contribution in [1.82, 2.24) is 10.3 Å². The van der Waals surface area contributed by atoms with Crippen molar-refractivity contribution >= 4 is 0 Å². The van der Waals surface area contributed by atoms with Crippen LogP contribution in [0.1, 0.15) is 50.2 Å². The van der Waals surface area contributed by atoms with Crippen LogP contribution in [-0.2, 0) is 11.3 Å². The molecule has 1 N–H and O–H groups in total. The van der Waals surface area contributed by atoms with Crippen LogP contribution in [0.25, 0.3) is 0 Å². The van der Waals surface area contributed by atoms with Crippen molar-refractivity contribution in [2.75, 3.05) is 13.2 Å². The summed E-state index contributed by atoms with van der Waals surface area (Å²) in [6.07, 6.45) is 6.79. The highest BCUT2D eigenvalue weighted by Gasteiger charge is 2.33. The molecular formula is C22H29FN2O. The molecule has 0 spiro atoms. The summed E-state index contributed by atoms with van der Waals surface area (Å²) in [5, 5.41) is 3.54. The van der Waals surface area contributed by atoms with Crippen molar-refractivity contribution in [3.63, 3.8) is 0 Å². The van der Waals surface area contributed by atoms with E-state index >= 15 is 0 Å². The minimum atomic E-state index is -0.171. The van der Waals surface area contributed by atoms with E-state index < -0.39 is 0 Å². The van der Waals surface area contributed by atoms with Gasteiger partial charge in [0.2, 0.25) is 0 Å². The molecule has 0 aliphatic carbocycles. The Morgan fingerprint density at radius 2 is 1.92 bits per heavy atom. The number of aromatic nitrogens is 1. The van der Waals surface area contributed by atoms with Crippen molar-refractivity contribution in [1.29, 1.82) is 0 Å². The van der Waals surface area contributed by atoms with Gasteiger partial charge in [0.1, 0.15) is 5.82 Å². The third-order valence-electron chi connectivity index (χ3n) is 5.31. The lowest BCUT2D eigenvalue weighted by atomic mass is 9.75. The Hall–Kier alpha value is -1.78. The highest BCUT2D eigenvalue weighted by atomic mass is 19.1. The molecule has 0 saturated carbocycles. The van der Waals surface area contributed by atoms with E-state index in [1.165, 1.54) is 11.1 Å². The molecule has 0 unspecified atom stereocenters. The van der Waals surface area contributed by atoms with Crippen molar-refractivity contribution in [2.45, 2.75) is 51.2 Å². The lowest BCUT2D eigenvalue weighted by Gasteiger charge is -2.39. The first-order valence-corrected chi connectivity index (χ1v) is 9.52. The van der Waals surface area contributed by atoms with Gasteiger partial charge < -0.3 is 10.1 Å². The van der Waals surface area contributed by atoms with E-state index in [9.17, 15) is 4.39 Å². The second-order valence-electron chi connectivity index (χ2n) is 7.84. The third kappa shape index (κ3) is 5.36. The van der Waals surface area contributed by atoms with Gasteiger partial charge in [0, 0.05) is 25.5 Å². The zero-order chi connectivity index (χ0) is 18.4. The smallest absolute Gasteiger partial charge is 0.123 e. The Kier molecular flexibility index (Phi) is 6.38. The molecule has 3 nitrogen and oxygen atoms in total. The number of halogens is 1. The van der Waals surface area contributed by atoms with Gasteiger partial charge in [-0.2, -0.15) is 0 Å². The number of pyridine rings is 1. The van der Waals surface area contributed by atoms with E-state index in [0.29, 0.717) is 11.8 Å². The van der Waals surface area contributed by atoms with Gasteiger partial charge in [0.05, 0.1) is 5.60 Å². The maximum atomic E-state index is 13.4. The molecule has 4 heteroatoms. The van der Waals surface area contributed by atoms with E-state index in [-0.39, 0.29) is 11.4 Å². The summed E-state index contributed by atoms with van der Waals surface area (Å²) in [5.41, 5.74) is 2.40. The first-order chi connectivity index (χ1) is 12.5. The summed E-state index contributed by atoms with van der Waals surface area (Å²) in [6.45, 7) is 6.92. The highest BCUT2D eigenvalue weighted by molar-refractivity contribution is 5.22. The van der Waals surface area contributed by atoms with Crippen LogP contribution < -0.4 is 5.32 Å². The van der Waals surface area contributed by atoms with Crippen LogP contribution in [0, 0.1) is 11.7 Å². The molecule has 2 atom stereocenters. The lowest BCUT2D eigenvalue weighted by Crippen LogP contribution is -2.36. The van der Waals surface area contributed by atoms with E-state index in [4.69, 9.17) is 4.74 Å². The van der Waals surface area contributed by atoms with Crippen molar-refractivity contribution in [3.05, 3.63) is 65.7 Å². The van der Waals surface area contributed by atoms with Crippen molar-refractivity contribution < 1.29 is 9.13 Å². The topological polar surface area (TPSA) is 34.2 Å². The Morgan fingerprint density at radius 3 is 2.62 bits per heavy atom. The van der Waals surface area contributed by atoms with E-state index in [0.717, 1.165) is 39.0 Å². The fourth-order valence-corrected chi connectivity index (χ4v) is 4.00. The van der Waals surface area contributed by atoms with Crippen LogP contribution in [0.5, 0.6) is 0 Å². The number of hydrogen-bond acceptors (Lipinski definition) is 3. The minimum absolute atomic E-state index is 0.0777. The van der Waals surface area contributed by atoms with Gasteiger partial charge in [-0.1, -0.05) is 12.1 Å². The molecule has 2 aromatic rings. The predicted octanol–water partition coefficient (Wildman–Crippen LogP) is 4.69. The molecule has 1 saturated heterocycles. The predicted molar refractivity (Wildman–Crippen MR) is 102 cm³/mol. The quantitative estimate of drug-likeness (QED) is 0.731. The Labute approximate surface area is 156 Å². The van der Waals surface area contributed by atoms with Gasteiger partial charge in [-0.25, -0.2) is 4.39 Å². The van der Waals surface area contributed by atoms with Crippen molar-refractivity contribution in [2.24, 2.45) is 5.92 Å². The summed E-state index contributed by atoms with van der Waals surface area (Å²) < 4.78 is 19.3. The molecule has 3 rings (SSSR count). The molecule has 1 aromatic heterocycles. The molecule has 2 heterocycles. The fraction of sp³-hybridized carbons (Fsp3) is 0.500. The first kappa shape index (κ1) is 19.0. The number of nitrogens with one attached hydrogen (secondary N) is 1. The average molecular weight is 356 g/mol. The van der Waals surface area contributed by atoms with Gasteiger partial charge >= 0.3 is 0 Å². The summed E-state index contributed by atoms with van der Waals surface area (Å²) in [7, 11) is 0. The summed E-state index contributed by atoms with van der Waals surface area (Å²) in [5.74, 6) is 0.811. The number of nitrogens with zero attached hydrogens (tertiary/aromatic N) is 1. The normalized spacial score (nSPS) is 20.7. The molecule has 1 aliphatic heterocycles. The standard InChI is InChI=1S/C22H29FN2O/c1-22(2)15-19(10-14-26-22)21(18-3-5-20(23)6-4-18)9-13-25-16-17-7-11-24-12-8-17/h3-8,11-12,19,21,25H,9-10,13-16H2,1-2H3/t19-,21-/m1/s1. The fourth-order valence-electron chi connectivity index (χ4n) is 4.00. The zero-order valence-corrected chi connectivity index (χ0v) is 15.7. The summed E-state index contributed by atoms with van der Waals surface area (Å²) >= 11 is 0. The van der Waals surface area contributed by atoms with Crippen LogP contribution in [-0.4, -0.2) is 23.7 Å². The molecule has 1 fully saturated rings. The van der Waals surface area contributed by atoms with Gasteiger partial charge in [-0.05, 0) is 86.9 Å². The highest BCUT2D eigenvalue weighted by Crippen LogP contribution is 2.39. The van der Waals surface area contributed by atoms with E-state index in [1.807, 2.05) is 36.7 Å². The Morgan fingerprint density at radius 1 is 1.19 bits per heavy atom. The van der Waals surface area contributed by atoms with Crippen LogP contribution in [0.15, 0.2) is 48.8 Å². The van der Waals surface area contributed by atoms with Gasteiger partial charge in [0.15, 0.2) is 0 Å². The molecule has 0 bridgehead atoms. The summed E-state index contributed by atoms with van der Waals surface area (Å²) in [6, 6.07) is 11.1. The van der Waals surface area contributed by atoms with E-state index in [1.54, 1.807) is 12.1 Å². The van der Waals surface area contributed by atoms with Crippen LogP contribution in [0.3, 0.4) is 0 Å². The molecule has 26 heavy (non-hydrogen) atoms. The van der Waals surface area contributed by atoms with Crippen LogP contribution in [0.2, 0.25) is 0 Å². The molecule has 0 amide bonds. The monoisotopic (exact) mass is 356 g/mol. The van der Waals surface area contributed by atoms with Gasteiger partial charge in [0.25, 0.3) is 0 Å². The van der Waals surface area contributed by atoms with E-state index in [2.05, 4.69) is 24.1 Å². The first-order valence-electron chi connectivity index (χ1n) is 9.52. The second kappa shape index (κ2) is 8.74. The molecule has 1 aromatic carbocycles. The molecule has 140 valence electrons. The van der Waals surface area contributed by atoms with Crippen LogP contribution in [0.4, 0.5) is 4.39 Å². The number of hydrogen-bond donors (Lipinski definition) is 1. The molecule has 0 radical (unpaired) electrons. The third-order valence-corrected chi connectivity index (χ3v) is 5.31. The summed E-state index contributed by atoms with van der Waals surface area (Å²) in [4.78, 5) is 4.05. The zero-order valence-electron chi connectivity index (χ0n) is 15.7. The Bertz CT molecular complexity index is 672.